The van der Waals surface area contributed by atoms with Gasteiger partial charge in [-0.15, -0.1) is 0 Å². The quantitative estimate of drug-likeness (QED) is 0.608. The molecule has 0 amide bonds. The minimum atomic E-state index is -0.675. The van der Waals surface area contributed by atoms with Crippen LogP contribution in [0.15, 0.2) is 29.4 Å². The molecule has 0 atom stereocenters. The number of carbonyl (C=O) groups excluding carboxylic acids is 1. The molecule has 2 aliphatic heterocycles. The fourth-order valence-corrected chi connectivity index (χ4v) is 4.59. The minimum Gasteiger partial charge on any atom is -0.370 e. The van der Waals surface area contributed by atoms with Crippen molar-refractivity contribution < 1.29 is 14.6 Å². The predicted octanol–water partition coefficient (Wildman–Crippen LogP) is 3.21. The number of ketones is 1. The normalized spacial score (nSPS) is 17.8. The number of nitro groups is 2. The summed E-state index contributed by atoms with van der Waals surface area (Å²) in [5.74, 6) is 0.145. The van der Waals surface area contributed by atoms with E-state index in [1.165, 1.54) is 12.1 Å². The lowest BCUT2D eigenvalue weighted by Gasteiger charge is -2.30. The van der Waals surface area contributed by atoms with Gasteiger partial charge in [-0.1, -0.05) is 0 Å². The van der Waals surface area contributed by atoms with Crippen molar-refractivity contribution in [3.05, 3.63) is 66.7 Å². The van der Waals surface area contributed by atoms with Crippen LogP contribution in [0, 0.1) is 20.2 Å². The van der Waals surface area contributed by atoms with E-state index in [4.69, 9.17) is 0 Å². The molecule has 10 nitrogen and oxygen atoms in total. The van der Waals surface area contributed by atoms with E-state index in [2.05, 4.69) is 15.4 Å². The first-order valence-corrected chi connectivity index (χ1v) is 9.66. The molecule has 2 aromatic carbocycles. The Balaban J connectivity index is 1.57. The lowest BCUT2D eigenvalue weighted by molar-refractivity contribution is -0.393. The van der Waals surface area contributed by atoms with Gasteiger partial charge in [0.1, 0.15) is 5.69 Å². The van der Waals surface area contributed by atoms with Crippen LogP contribution in [-0.4, -0.2) is 34.4 Å². The number of non-ortho nitro benzene ring substituents is 1. The van der Waals surface area contributed by atoms with Crippen LogP contribution in [-0.2, 0) is 12.8 Å². The first kappa shape index (κ1) is 18.2. The summed E-state index contributed by atoms with van der Waals surface area (Å²) >= 11 is 0. The van der Waals surface area contributed by atoms with Crippen LogP contribution in [0.25, 0.3) is 0 Å². The van der Waals surface area contributed by atoms with Crippen molar-refractivity contribution >= 4 is 34.2 Å². The number of nitrogens with one attached hydrogen (secondary N) is 1. The van der Waals surface area contributed by atoms with Crippen molar-refractivity contribution in [2.45, 2.75) is 25.7 Å². The second-order valence-corrected chi connectivity index (χ2v) is 7.58. The largest absolute Gasteiger partial charge is 0.370 e. The van der Waals surface area contributed by atoms with Crippen molar-refractivity contribution in [2.24, 2.45) is 5.10 Å². The number of anilines is 2. The molecule has 10 heteroatoms. The maximum Gasteiger partial charge on any atom is 0.301 e. The molecule has 0 fully saturated rings. The molecular formula is C20H17N5O5. The second kappa shape index (κ2) is 6.61. The molecule has 5 rings (SSSR count). The summed E-state index contributed by atoms with van der Waals surface area (Å²) in [6.07, 6.45) is 2.68. The Morgan fingerprint density at radius 3 is 2.57 bits per heavy atom. The number of hydrogen-bond acceptors (Lipinski definition) is 8. The number of fused-ring (bicyclic) bond motifs is 2. The van der Waals surface area contributed by atoms with E-state index in [-0.39, 0.29) is 17.2 Å². The SMILES string of the molecule is O=C1CCc2c1cc1c3c2/C(=N/Nc2ccc([N+](=O)[O-])cc2[N+](=O)[O-])CCN3CC1. The zero-order chi connectivity index (χ0) is 21.0. The van der Waals surface area contributed by atoms with Crippen molar-refractivity contribution in [2.75, 3.05) is 23.4 Å². The molecule has 2 aromatic rings. The zero-order valence-corrected chi connectivity index (χ0v) is 15.9. The van der Waals surface area contributed by atoms with E-state index in [9.17, 15) is 25.0 Å². The molecule has 0 saturated carbocycles. The molecule has 1 aliphatic carbocycles. The highest BCUT2D eigenvalue weighted by atomic mass is 16.6. The molecule has 30 heavy (non-hydrogen) atoms. The number of nitro benzene ring substituents is 2. The Hall–Kier alpha value is -3.82. The Kier molecular flexibility index (Phi) is 4.02. The van der Waals surface area contributed by atoms with Crippen LogP contribution in [0.3, 0.4) is 0 Å². The van der Waals surface area contributed by atoms with Gasteiger partial charge in [-0.05, 0) is 36.1 Å². The third kappa shape index (κ3) is 2.71. The summed E-state index contributed by atoms with van der Waals surface area (Å²) in [6, 6.07) is 5.43. The number of rotatable bonds is 4. The minimum absolute atomic E-state index is 0.0841. The van der Waals surface area contributed by atoms with E-state index < -0.39 is 15.5 Å². The number of hydrazone groups is 1. The Morgan fingerprint density at radius 2 is 1.80 bits per heavy atom. The van der Waals surface area contributed by atoms with Gasteiger partial charge in [0.15, 0.2) is 5.78 Å². The molecule has 0 radical (unpaired) electrons. The fourth-order valence-electron chi connectivity index (χ4n) is 4.59. The first-order valence-electron chi connectivity index (χ1n) is 9.66. The number of hydrogen-bond donors (Lipinski definition) is 1. The number of nitrogens with zero attached hydrogens (tertiary/aromatic N) is 4. The van der Waals surface area contributed by atoms with Crippen molar-refractivity contribution in [1.82, 2.24) is 0 Å². The molecule has 0 spiro atoms. The van der Waals surface area contributed by atoms with Crippen LogP contribution in [0.1, 0.15) is 39.9 Å². The lowest BCUT2D eigenvalue weighted by atomic mass is 9.90. The molecular weight excluding hydrogens is 390 g/mol. The highest BCUT2D eigenvalue weighted by Gasteiger charge is 2.35. The summed E-state index contributed by atoms with van der Waals surface area (Å²) < 4.78 is 0. The predicted molar refractivity (Wildman–Crippen MR) is 110 cm³/mol. The molecule has 0 unspecified atom stereocenters. The summed E-state index contributed by atoms with van der Waals surface area (Å²) in [5.41, 5.74) is 7.82. The summed E-state index contributed by atoms with van der Waals surface area (Å²) in [4.78, 5) is 35.6. The number of carbonyl (C=O) groups is 1. The van der Waals surface area contributed by atoms with Gasteiger partial charge in [0.2, 0.25) is 0 Å². The molecule has 0 aromatic heterocycles. The Labute approximate surface area is 170 Å². The van der Waals surface area contributed by atoms with Gasteiger partial charge in [-0.25, -0.2) is 0 Å². The lowest BCUT2D eigenvalue weighted by Crippen LogP contribution is -2.31. The summed E-state index contributed by atoms with van der Waals surface area (Å²) in [5, 5.41) is 26.8. The third-order valence-corrected chi connectivity index (χ3v) is 5.96. The van der Waals surface area contributed by atoms with E-state index in [1.807, 2.05) is 6.07 Å². The third-order valence-electron chi connectivity index (χ3n) is 5.96. The van der Waals surface area contributed by atoms with Crippen LogP contribution in [0.5, 0.6) is 0 Å². The second-order valence-electron chi connectivity index (χ2n) is 7.58. The highest BCUT2D eigenvalue weighted by molar-refractivity contribution is 6.13. The maximum atomic E-state index is 12.3. The van der Waals surface area contributed by atoms with Crippen LogP contribution >= 0.6 is 0 Å². The zero-order valence-electron chi connectivity index (χ0n) is 15.9. The maximum absolute atomic E-state index is 12.3. The monoisotopic (exact) mass is 407 g/mol. The van der Waals surface area contributed by atoms with Gasteiger partial charge < -0.3 is 4.90 Å². The molecule has 1 N–H and O–H groups in total. The Bertz CT molecular complexity index is 1170. The van der Waals surface area contributed by atoms with Crippen molar-refractivity contribution in [3.63, 3.8) is 0 Å². The number of benzene rings is 2. The van der Waals surface area contributed by atoms with Gasteiger partial charge in [-0.2, -0.15) is 5.10 Å². The number of Topliss-reactive ketones (excluding diaryl/α,β-unsaturated/α-hetero) is 1. The van der Waals surface area contributed by atoms with E-state index in [0.717, 1.165) is 59.2 Å². The molecule has 152 valence electrons. The van der Waals surface area contributed by atoms with Crippen LogP contribution < -0.4 is 10.3 Å². The van der Waals surface area contributed by atoms with Crippen molar-refractivity contribution in [1.29, 1.82) is 0 Å². The van der Waals surface area contributed by atoms with Gasteiger partial charge >= 0.3 is 5.69 Å². The van der Waals surface area contributed by atoms with Crippen molar-refractivity contribution in [3.8, 4) is 0 Å². The van der Waals surface area contributed by atoms with Gasteiger partial charge in [0.25, 0.3) is 5.69 Å². The summed E-state index contributed by atoms with van der Waals surface area (Å²) in [7, 11) is 0. The molecule has 0 bridgehead atoms. The van der Waals surface area contributed by atoms with Gasteiger partial charge in [-0.3, -0.25) is 30.4 Å². The molecule has 0 saturated heterocycles. The van der Waals surface area contributed by atoms with E-state index >= 15 is 0 Å². The van der Waals surface area contributed by atoms with E-state index in [0.29, 0.717) is 19.3 Å². The fraction of sp³-hybridized carbons (Fsp3) is 0.300. The highest BCUT2D eigenvalue weighted by Crippen LogP contribution is 2.42. The van der Waals surface area contributed by atoms with Crippen LogP contribution in [0.4, 0.5) is 22.7 Å². The smallest absolute Gasteiger partial charge is 0.301 e. The Morgan fingerprint density at radius 1 is 1.00 bits per heavy atom. The molecule has 3 aliphatic rings. The van der Waals surface area contributed by atoms with Gasteiger partial charge in [0, 0.05) is 48.8 Å². The summed E-state index contributed by atoms with van der Waals surface area (Å²) in [6.45, 7) is 1.70. The molecule has 2 heterocycles. The van der Waals surface area contributed by atoms with Crippen LogP contribution in [0.2, 0.25) is 0 Å². The average molecular weight is 407 g/mol. The van der Waals surface area contributed by atoms with E-state index in [1.54, 1.807) is 0 Å². The standard InChI is InChI=1S/C20H17N5O5/c26-18-4-2-13-14(18)9-11-5-7-23-8-6-16(19(13)20(11)23)22-21-15-3-1-12(24(27)28)10-17(15)25(29)30/h1,3,9-10,21H,2,4-8H2/b22-16+. The van der Waals surface area contributed by atoms with Gasteiger partial charge in [0.05, 0.1) is 21.6 Å². The average Bonchev–Trinajstić information content (AvgIpc) is 3.31. The topological polar surface area (TPSA) is 131 Å². The first-order chi connectivity index (χ1) is 14.4.